The first-order valence-corrected chi connectivity index (χ1v) is 4.17. The summed E-state index contributed by atoms with van der Waals surface area (Å²) in [4.78, 5) is 2.85. The third-order valence-electron chi connectivity index (χ3n) is 1.98. The van der Waals surface area contributed by atoms with Gasteiger partial charge in [0.1, 0.15) is 6.26 Å². The molecule has 1 aromatic heterocycles. The largest absolute Gasteiger partial charge is 0.495 e. The minimum atomic E-state index is 0.156. The summed E-state index contributed by atoms with van der Waals surface area (Å²) in [7, 11) is 0. The summed E-state index contributed by atoms with van der Waals surface area (Å²) in [5, 5.41) is 9.25. The van der Waals surface area contributed by atoms with Crippen molar-refractivity contribution in [2.24, 2.45) is 0 Å². The van der Waals surface area contributed by atoms with Gasteiger partial charge < -0.3 is 19.6 Å². The molecule has 0 spiro atoms. The van der Waals surface area contributed by atoms with Crippen molar-refractivity contribution in [1.82, 2.24) is 4.98 Å². The summed E-state index contributed by atoms with van der Waals surface area (Å²) in [6.07, 6.45) is 2.37. The van der Waals surface area contributed by atoms with Crippen LogP contribution in [0.25, 0.3) is 5.76 Å². The summed E-state index contributed by atoms with van der Waals surface area (Å²) in [6.45, 7) is 2.26. The fourth-order valence-corrected chi connectivity index (χ4v) is 1.36. The van der Waals surface area contributed by atoms with Crippen LogP contribution in [0.1, 0.15) is 18.2 Å². The van der Waals surface area contributed by atoms with Crippen molar-refractivity contribution in [3.05, 3.63) is 23.6 Å². The number of rotatable bonds is 2. The molecule has 0 atom stereocenters. The first-order valence-electron chi connectivity index (χ1n) is 4.17. The van der Waals surface area contributed by atoms with Gasteiger partial charge in [0.15, 0.2) is 11.6 Å². The number of hydrogen-bond acceptors (Lipinski definition) is 3. The molecular weight excluding hydrogens is 170 g/mol. The van der Waals surface area contributed by atoms with Crippen LogP contribution in [-0.2, 0) is 15.9 Å². The maximum atomic E-state index is 9.25. The van der Waals surface area contributed by atoms with E-state index in [-0.39, 0.29) is 12.7 Å². The topological polar surface area (TPSA) is 54.5 Å². The fraction of sp³-hybridized carbons (Fsp3) is 0.333. The van der Waals surface area contributed by atoms with E-state index in [1.165, 1.54) is 0 Å². The quantitative estimate of drug-likeness (QED) is 0.728. The second-order valence-electron chi connectivity index (χ2n) is 2.81. The van der Waals surface area contributed by atoms with Crippen LogP contribution in [0, 0.1) is 0 Å². The Morgan fingerprint density at radius 3 is 3.08 bits per heavy atom. The molecule has 1 aliphatic rings. The zero-order chi connectivity index (χ0) is 9.26. The summed E-state index contributed by atoms with van der Waals surface area (Å²) < 4.78 is 10.1. The lowest BCUT2D eigenvalue weighted by atomic mass is 10.2. The van der Waals surface area contributed by atoms with E-state index >= 15 is 0 Å². The van der Waals surface area contributed by atoms with Crippen LogP contribution in [0.5, 0.6) is 5.88 Å². The van der Waals surface area contributed by atoms with E-state index < -0.39 is 0 Å². The van der Waals surface area contributed by atoms with E-state index in [4.69, 9.17) is 9.47 Å². The average molecular weight is 181 g/mol. The van der Waals surface area contributed by atoms with Crippen molar-refractivity contribution >= 4 is 5.76 Å². The van der Waals surface area contributed by atoms with E-state index in [9.17, 15) is 5.11 Å². The SMILES string of the molecule is CCc1[nH]c(O)cc1C1=COCO1. The molecule has 0 saturated heterocycles. The van der Waals surface area contributed by atoms with Crippen LogP contribution in [0.3, 0.4) is 0 Å². The fourth-order valence-electron chi connectivity index (χ4n) is 1.36. The Hall–Kier alpha value is -1.58. The predicted molar refractivity (Wildman–Crippen MR) is 46.8 cm³/mol. The second kappa shape index (κ2) is 3.05. The Kier molecular flexibility index (Phi) is 1.88. The normalized spacial score (nSPS) is 15.0. The molecule has 70 valence electrons. The number of aryl methyl sites for hydroxylation is 1. The van der Waals surface area contributed by atoms with Gasteiger partial charge in [0.2, 0.25) is 6.79 Å². The monoisotopic (exact) mass is 181 g/mol. The molecule has 4 nitrogen and oxygen atoms in total. The summed E-state index contributed by atoms with van der Waals surface area (Å²) in [5.41, 5.74) is 1.83. The molecule has 0 bridgehead atoms. The molecule has 1 aromatic rings. The van der Waals surface area contributed by atoms with Gasteiger partial charge in [-0.3, -0.25) is 0 Å². The second-order valence-corrected chi connectivity index (χ2v) is 2.81. The smallest absolute Gasteiger partial charge is 0.230 e. The molecule has 0 saturated carbocycles. The Bertz CT molecular complexity index is 341. The lowest BCUT2D eigenvalue weighted by Crippen LogP contribution is -1.89. The molecule has 2 N–H and O–H groups in total. The standard InChI is InChI=1S/C9H11NO3/c1-2-7-6(3-9(11)10-7)8-4-12-5-13-8/h3-4,10-11H,2,5H2,1H3. The highest BCUT2D eigenvalue weighted by molar-refractivity contribution is 5.63. The molecule has 13 heavy (non-hydrogen) atoms. The maximum Gasteiger partial charge on any atom is 0.230 e. The first kappa shape index (κ1) is 8.04. The highest BCUT2D eigenvalue weighted by Gasteiger charge is 2.15. The zero-order valence-corrected chi connectivity index (χ0v) is 7.33. The van der Waals surface area contributed by atoms with Crippen LogP contribution < -0.4 is 0 Å². The molecule has 2 rings (SSSR count). The van der Waals surface area contributed by atoms with Crippen LogP contribution in [0.4, 0.5) is 0 Å². The molecular formula is C9H11NO3. The summed E-state index contributed by atoms with van der Waals surface area (Å²) in [6, 6.07) is 1.64. The van der Waals surface area contributed by atoms with E-state index in [0.717, 1.165) is 17.7 Å². The molecule has 4 heteroatoms. The van der Waals surface area contributed by atoms with Crippen molar-refractivity contribution in [2.75, 3.05) is 6.79 Å². The van der Waals surface area contributed by atoms with Crippen LogP contribution in [0.2, 0.25) is 0 Å². The van der Waals surface area contributed by atoms with Crippen molar-refractivity contribution < 1.29 is 14.6 Å². The van der Waals surface area contributed by atoms with E-state index in [2.05, 4.69) is 4.98 Å². The number of aromatic hydroxyl groups is 1. The average Bonchev–Trinajstić information content (AvgIpc) is 2.71. The lowest BCUT2D eigenvalue weighted by Gasteiger charge is -2.00. The molecule has 1 aliphatic heterocycles. The third-order valence-corrected chi connectivity index (χ3v) is 1.98. The number of aromatic amines is 1. The van der Waals surface area contributed by atoms with Crippen molar-refractivity contribution in [3.8, 4) is 5.88 Å². The molecule has 0 unspecified atom stereocenters. The maximum absolute atomic E-state index is 9.25. The van der Waals surface area contributed by atoms with E-state index in [1.54, 1.807) is 12.3 Å². The van der Waals surface area contributed by atoms with Gasteiger partial charge >= 0.3 is 0 Å². The van der Waals surface area contributed by atoms with Gasteiger partial charge in [0, 0.05) is 17.3 Å². The Morgan fingerprint density at radius 2 is 2.46 bits per heavy atom. The predicted octanol–water partition coefficient (Wildman–Crippen LogP) is 1.59. The number of nitrogens with one attached hydrogen (secondary N) is 1. The van der Waals surface area contributed by atoms with E-state index in [0.29, 0.717) is 5.76 Å². The minimum Gasteiger partial charge on any atom is -0.495 e. The molecule has 0 aliphatic carbocycles. The van der Waals surface area contributed by atoms with Gasteiger partial charge in [-0.05, 0) is 6.42 Å². The molecule has 0 amide bonds. The van der Waals surface area contributed by atoms with Crippen molar-refractivity contribution in [2.45, 2.75) is 13.3 Å². The molecule has 0 radical (unpaired) electrons. The van der Waals surface area contributed by atoms with Gasteiger partial charge in [-0.2, -0.15) is 0 Å². The van der Waals surface area contributed by atoms with Gasteiger partial charge in [0.05, 0.1) is 0 Å². The third kappa shape index (κ3) is 1.35. The van der Waals surface area contributed by atoms with E-state index in [1.807, 2.05) is 6.92 Å². The summed E-state index contributed by atoms with van der Waals surface area (Å²) >= 11 is 0. The Balaban J connectivity index is 2.37. The van der Waals surface area contributed by atoms with Crippen molar-refractivity contribution in [3.63, 3.8) is 0 Å². The van der Waals surface area contributed by atoms with Crippen LogP contribution in [0.15, 0.2) is 12.3 Å². The molecule has 2 heterocycles. The van der Waals surface area contributed by atoms with Crippen LogP contribution in [-0.4, -0.2) is 16.9 Å². The number of hydrogen-bond donors (Lipinski definition) is 2. The number of aromatic nitrogens is 1. The Labute approximate surface area is 75.8 Å². The zero-order valence-electron chi connectivity index (χ0n) is 7.33. The summed E-state index contributed by atoms with van der Waals surface area (Å²) in [5.74, 6) is 0.830. The highest BCUT2D eigenvalue weighted by Crippen LogP contribution is 2.27. The van der Waals surface area contributed by atoms with Gasteiger partial charge in [0.25, 0.3) is 0 Å². The highest BCUT2D eigenvalue weighted by atomic mass is 16.7. The van der Waals surface area contributed by atoms with Gasteiger partial charge in [-0.25, -0.2) is 0 Å². The van der Waals surface area contributed by atoms with Crippen LogP contribution >= 0.6 is 0 Å². The van der Waals surface area contributed by atoms with Gasteiger partial charge in [-0.1, -0.05) is 6.92 Å². The minimum absolute atomic E-state index is 0.156. The molecule has 0 aromatic carbocycles. The van der Waals surface area contributed by atoms with Gasteiger partial charge in [-0.15, -0.1) is 0 Å². The lowest BCUT2D eigenvalue weighted by molar-refractivity contribution is 0.100. The molecule has 0 fully saturated rings. The Morgan fingerprint density at radius 1 is 1.62 bits per heavy atom. The number of ether oxygens (including phenoxy) is 2. The first-order chi connectivity index (χ1) is 6.31. The van der Waals surface area contributed by atoms with Crippen molar-refractivity contribution in [1.29, 1.82) is 0 Å². The number of H-pyrrole nitrogens is 1.